The first-order valence-corrected chi connectivity index (χ1v) is 6.04. The molecule has 0 aliphatic carbocycles. The van der Waals surface area contributed by atoms with Crippen molar-refractivity contribution in [3.8, 4) is 0 Å². The highest BCUT2D eigenvalue weighted by atomic mass is 35.5. The normalized spacial score (nSPS) is 10.2. The Morgan fingerprint density at radius 3 is 2.63 bits per heavy atom. The molecular formula is C13H12ClN3O2. The zero-order chi connectivity index (χ0) is 13.8. The molecule has 0 fully saturated rings. The smallest absolute Gasteiger partial charge is 0.329 e. The minimum Gasteiger partial charge on any atom is -0.360 e. The number of rotatable bonds is 4. The van der Waals surface area contributed by atoms with E-state index in [1.54, 1.807) is 0 Å². The van der Waals surface area contributed by atoms with Gasteiger partial charge in [-0.3, -0.25) is 10.1 Å². The van der Waals surface area contributed by atoms with E-state index in [9.17, 15) is 10.1 Å². The second-order valence-corrected chi connectivity index (χ2v) is 4.49. The zero-order valence-corrected chi connectivity index (χ0v) is 11.0. The number of hydrogen-bond acceptors (Lipinski definition) is 4. The maximum absolute atomic E-state index is 10.9. The van der Waals surface area contributed by atoms with Gasteiger partial charge in [-0.05, 0) is 18.6 Å². The van der Waals surface area contributed by atoms with Gasteiger partial charge in [0.05, 0.1) is 4.92 Å². The highest BCUT2D eigenvalue weighted by molar-refractivity contribution is 6.33. The quantitative estimate of drug-likeness (QED) is 0.685. The summed E-state index contributed by atoms with van der Waals surface area (Å²) in [6.07, 6.45) is 1.44. The van der Waals surface area contributed by atoms with E-state index < -0.39 is 4.92 Å². The maximum atomic E-state index is 10.9. The van der Waals surface area contributed by atoms with Crippen molar-refractivity contribution in [1.29, 1.82) is 0 Å². The van der Waals surface area contributed by atoms with E-state index in [4.69, 9.17) is 11.6 Å². The van der Waals surface area contributed by atoms with Gasteiger partial charge in [-0.25, -0.2) is 4.98 Å². The average Bonchev–Trinajstić information content (AvgIpc) is 2.37. The van der Waals surface area contributed by atoms with Gasteiger partial charge in [0.1, 0.15) is 5.02 Å². The third-order valence-electron chi connectivity index (χ3n) is 2.64. The molecule has 0 bridgehead atoms. The lowest BCUT2D eigenvalue weighted by Crippen LogP contribution is -2.05. The first kappa shape index (κ1) is 13.3. The summed E-state index contributed by atoms with van der Waals surface area (Å²) in [7, 11) is 0. The molecule has 0 amide bonds. The molecule has 1 N–H and O–H groups in total. The molecule has 0 unspecified atom stereocenters. The molecule has 5 nitrogen and oxygen atoms in total. The van der Waals surface area contributed by atoms with Gasteiger partial charge >= 0.3 is 5.69 Å². The molecule has 1 heterocycles. The van der Waals surface area contributed by atoms with Crippen LogP contribution in [0.1, 0.15) is 11.1 Å². The van der Waals surface area contributed by atoms with Gasteiger partial charge in [0.2, 0.25) is 5.82 Å². The summed E-state index contributed by atoms with van der Waals surface area (Å²) in [5, 5.41) is 13.9. The topological polar surface area (TPSA) is 68.1 Å². The minimum absolute atomic E-state index is 0.0754. The predicted octanol–water partition coefficient (Wildman–Crippen LogP) is 3.56. The Hall–Kier alpha value is -2.14. The Morgan fingerprint density at radius 1 is 1.32 bits per heavy atom. The van der Waals surface area contributed by atoms with Crippen molar-refractivity contribution in [3.63, 3.8) is 0 Å². The molecule has 19 heavy (non-hydrogen) atoms. The Morgan fingerprint density at radius 2 is 2.00 bits per heavy atom. The van der Waals surface area contributed by atoms with E-state index >= 15 is 0 Å². The third kappa shape index (κ3) is 3.20. The molecule has 2 aromatic rings. The molecule has 0 atom stereocenters. The number of nitro groups is 1. The van der Waals surface area contributed by atoms with Crippen LogP contribution in [-0.2, 0) is 6.54 Å². The zero-order valence-electron chi connectivity index (χ0n) is 10.3. The number of pyridine rings is 1. The lowest BCUT2D eigenvalue weighted by Gasteiger charge is -2.07. The highest BCUT2D eigenvalue weighted by Crippen LogP contribution is 2.30. The van der Waals surface area contributed by atoms with Gasteiger partial charge in [-0.15, -0.1) is 0 Å². The van der Waals surface area contributed by atoms with E-state index in [1.807, 2.05) is 31.2 Å². The van der Waals surface area contributed by atoms with Crippen LogP contribution in [0.5, 0.6) is 0 Å². The number of hydrogen-bond donors (Lipinski definition) is 1. The summed E-state index contributed by atoms with van der Waals surface area (Å²) in [4.78, 5) is 14.4. The largest absolute Gasteiger partial charge is 0.360 e. The summed E-state index contributed by atoms with van der Waals surface area (Å²) in [6.45, 7) is 2.45. The highest BCUT2D eigenvalue weighted by Gasteiger charge is 2.19. The summed E-state index contributed by atoms with van der Waals surface area (Å²) < 4.78 is 0. The second-order valence-electron chi connectivity index (χ2n) is 4.09. The fourth-order valence-electron chi connectivity index (χ4n) is 1.63. The molecule has 0 saturated heterocycles. The van der Waals surface area contributed by atoms with Crippen LogP contribution in [0, 0.1) is 17.0 Å². The summed E-state index contributed by atoms with van der Waals surface area (Å²) in [6, 6.07) is 9.28. The van der Waals surface area contributed by atoms with Crippen LogP contribution >= 0.6 is 11.6 Å². The number of aromatic nitrogens is 1. The number of benzene rings is 1. The molecule has 1 aromatic carbocycles. The monoisotopic (exact) mass is 277 g/mol. The van der Waals surface area contributed by atoms with Gasteiger partial charge in [-0.2, -0.15) is 0 Å². The van der Waals surface area contributed by atoms with Crippen molar-refractivity contribution >= 4 is 23.1 Å². The van der Waals surface area contributed by atoms with E-state index in [0.717, 1.165) is 11.1 Å². The Kier molecular flexibility index (Phi) is 3.97. The van der Waals surface area contributed by atoms with Gasteiger partial charge < -0.3 is 5.32 Å². The van der Waals surface area contributed by atoms with Crippen molar-refractivity contribution < 1.29 is 4.92 Å². The molecule has 2 rings (SSSR count). The molecule has 1 aromatic heterocycles. The molecule has 0 saturated carbocycles. The number of aryl methyl sites for hydroxylation is 1. The van der Waals surface area contributed by atoms with Crippen molar-refractivity contribution in [3.05, 3.63) is 62.8 Å². The molecule has 0 aliphatic rings. The van der Waals surface area contributed by atoms with E-state index in [1.165, 1.54) is 12.3 Å². The predicted molar refractivity (Wildman–Crippen MR) is 74.4 cm³/mol. The number of halogens is 1. The van der Waals surface area contributed by atoms with Crippen molar-refractivity contribution in [2.24, 2.45) is 0 Å². The number of nitrogens with zero attached hydrogens (tertiary/aromatic N) is 2. The average molecular weight is 278 g/mol. The molecule has 0 radical (unpaired) electrons. The van der Waals surface area contributed by atoms with Crippen molar-refractivity contribution in [1.82, 2.24) is 4.98 Å². The van der Waals surface area contributed by atoms with Crippen LogP contribution in [0.4, 0.5) is 11.5 Å². The molecular weight excluding hydrogens is 266 g/mol. The Balaban J connectivity index is 2.18. The van der Waals surface area contributed by atoms with E-state index in [2.05, 4.69) is 10.3 Å². The standard InChI is InChI=1S/C13H12ClN3O2/c1-9-2-4-10(5-3-9)8-16-13-12(17(18)19)11(14)6-7-15-13/h2-7H,8H2,1H3,(H,15,16). The van der Waals surface area contributed by atoms with Gasteiger partial charge in [0, 0.05) is 12.7 Å². The molecule has 98 valence electrons. The Bertz CT molecular complexity index is 599. The second kappa shape index (κ2) is 5.67. The lowest BCUT2D eigenvalue weighted by atomic mass is 10.1. The van der Waals surface area contributed by atoms with E-state index in [-0.39, 0.29) is 16.5 Å². The van der Waals surface area contributed by atoms with Gasteiger partial charge in [0.25, 0.3) is 0 Å². The van der Waals surface area contributed by atoms with Gasteiger partial charge in [0.15, 0.2) is 0 Å². The summed E-state index contributed by atoms with van der Waals surface area (Å²) in [5.74, 6) is 0.179. The van der Waals surface area contributed by atoms with Crippen molar-refractivity contribution in [2.45, 2.75) is 13.5 Å². The van der Waals surface area contributed by atoms with Crippen LogP contribution in [0.3, 0.4) is 0 Å². The molecule has 0 aliphatic heterocycles. The van der Waals surface area contributed by atoms with Crippen LogP contribution < -0.4 is 5.32 Å². The number of nitrogens with one attached hydrogen (secondary N) is 1. The molecule has 6 heteroatoms. The van der Waals surface area contributed by atoms with Crippen molar-refractivity contribution in [2.75, 3.05) is 5.32 Å². The fraction of sp³-hybridized carbons (Fsp3) is 0.154. The van der Waals surface area contributed by atoms with Gasteiger partial charge in [-0.1, -0.05) is 41.4 Å². The maximum Gasteiger partial charge on any atom is 0.329 e. The summed E-state index contributed by atoms with van der Waals surface area (Å²) >= 11 is 5.81. The first-order valence-electron chi connectivity index (χ1n) is 5.66. The fourth-order valence-corrected chi connectivity index (χ4v) is 1.84. The van der Waals surface area contributed by atoms with Crippen LogP contribution in [-0.4, -0.2) is 9.91 Å². The first-order chi connectivity index (χ1) is 9.08. The lowest BCUT2D eigenvalue weighted by molar-refractivity contribution is -0.384. The van der Waals surface area contributed by atoms with Crippen LogP contribution in [0.15, 0.2) is 36.5 Å². The summed E-state index contributed by atoms with van der Waals surface area (Å²) in [5.41, 5.74) is 1.98. The number of anilines is 1. The third-order valence-corrected chi connectivity index (χ3v) is 2.94. The van der Waals surface area contributed by atoms with Crippen LogP contribution in [0.2, 0.25) is 5.02 Å². The van der Waals surface area contributed by atoms with Crippen LogP contribution in [0.25, 0.3) is 0 Å². The minimum atomic E-state index is -0.535. The molecule has 0 spiro atoms. The SMILES string of the molecule is Cc1ccc(CNc2nccc(Cl)c2[N+](=O)[O-])cc1. The Labute approximate surface area is 115 Å². The van der Waals surface area contributed by atoms with E-state index in [0.29, 0.717) is 6.54 Å².